The zero-order valence-corrected chi connectivity index (χ0v) is 33.3. The van der Waals surface area contributed by atoms with Gasteiger partial charge in [0.15, 0.2) is 0 Å². The van der Waals surface area contributed by atoms with Crippen LogP contribution in [0.4, 0.5) is 0 Å². The summed E-state index contributed by atoms with van der Waals surface area (Å²) < 4.78 is 5.11. The van der Waals surface area contributed by atoms with Gasteiger partial charge < -0.3 is 30.1 Å². The van der Waals surface area contributed by atoms with E-state index in [1.165, 1.54) is 0 Å². The van der Waals surface area contributed by atoms with Crippen molar-refractivity contribution in [3.8, 4) is 51.0 Å². The fourth-order valence-electron chi connectivity index (χ4n) is 7.31. The molecule has 6 nitrogen and oxygen atoms in total. The molecule has 1 unspecified atom stereocenters. The predicted molar refractivity (Wildman–Crippen MR) is 240 cm³/mol. The lowest BCUT2D eigenvalue weighted by Gasteiger charge is -2.14. The maximum Gasteiger partial charge on any atom is 0.130 e. The van der Waals surface area contributed by atoms with Crippen LogP contribution in [0, 0.1) is 6.92 Å². The Bertz CT molecular complexity index is 2560. The molecule has 9 aromatic rings. The van der Waals surface area contributed by atoms with E-state index in [2.05, 4.69) is 9.47 Å². The minimum Gasteiger partial charge on any atom is -0.507 e. The van der Waals surface area contributed by atoms with Crippen molar-refractivity contribution in [2.24, 2.45) is 0 Å². The van der Waals surface area contributed by atoms with Crippen molar-refractivity contribution in [3.63, 3.8) is 0 Å². The molecule has 5 N–H and O–H groups in total. The Labute approximate surface area is 337 Å². The summed E-state index contributed by atoms with van der Waals surface area (Å²) in [5, 5.41) is 58.7. The monoisotopic (exact) mass is 788 g/mol. The third-order valence-corrected chi connectivity index (χ3v) is 10.9. The summed E-state index contributed by atoms with van der Waals surface area (Å²) in [6.07, 6.45) is 2.01. The van der Waals surface area contributed by atoms with Crippen LogP contribution in [-0.4, -0.2) is 31.8 Å². The van der Waals surface area contributed by atoms with Crippen LogP contribution in [0.2, 0.25) is 0 Å². The lowest BCUT2D eigenvalue weighted by Crippen LogP contribution is -1.91. The molecule has 57 heavy (non-hydrogen) atoms. The number of thioether (sulfide) groups is 1. The normalized spacial score (nSPS) is 10.9. The first-order valence-electron chi connectivity index (χ1n) is 18.2. The first kappa shape index (κ1) is 39.0. The Morgan fingerprint density at radius 2 is 0.789 bits per heavy atom. The molecule has 0 amide bonds. The number of hydrogen-bond acceptors (Lipinski definition) is 7. The summed E-state index contributed by atoms with van der Waals surface area (Å²) >= 11 is 1.66. The summed E-state index contributed by atoms with van der Waals surface area (Å²) in [5.41, 5.74) is 4.57. The molecule has 0 aromatic heterocycles. The molecule has 8 heteroatoms. The van der Waals surface area contributed by atoms with Gasteiger partial charge in [0, 0.05) is 32.7 Å². The molecule has 1 atom stereocenters. The Morgan fingerprint density at radius 1 is 0.474 bits per heavy atom. The lowest BCUT2D eigenvalue weighted by atomic mass is 9.92. The van der Waals surface area contributed by atoms with Crippen LogP contribution < -0.4 is 4.52 Å². The zero-order chi connectivity index (χ0) is 40.1. The topological polar surface area (TPSA) is 110 Å². The van der Waals surface area contributed by atoms with Crippen LogP contribution in [0.3, 0.4) is 0 Å². The van der Waals surface area contributed by atoms with Gasteiger partial charge in [-0.25, -0.2) is 0 Å². The van der Waals surface area contributed by atoms with Crippen LogP contribution >= 0.6 is 21.2 Å². The average Bonchev–Trinajstić information content (AvgIpc) is 3.24. The van der Waals surface area contributed by atoms with E-state index >= 15 is 0 Å². The van der Waals surface area contributed by atoms with Crippen LogP contribution in [0.1, 0.15) is 11.1 Å². The first-order chi connectivity index (χ1) is 27.7. The van der Waals surface area contributed by atoms with Crippen molar-refractivity contribution < 1.29 is 30.1 Å². The van der Waals surface area contributed by atoms with Crippen molar-refractivity contribution in [2.75, 3.05) is 6.26 Å². The molecule has 0 aliphatic rings. The number of aryl methyl sites for hydroxylation is 1. The van der Waals surface area contributed by atoms with Gasteiger partial charge in [-0.2, -0.15) is 0 Å². The average molecular weight is 789 g/mol. The predicted octanol–water partition coefficient (Wildman–Crippen LogP) is 12.5. The molecule has 0 bridgehead atoms. The van der Waals surface area contributed by atoms with Crippen LogP contribution in [-0.2, 0) is 6.61 Å². The minimum atomic E-state index is 0.0129. The molecule has 0 saturated carbocycles. The molecule has 0 fully saturated rings. The van der Waals surface area contributed by atoms with E-state index in [4.69, 9.17) is 9.63 Å². The number of aliphatic hydroxyl groups excluding tert-OH is 1. The second-order valence-electron chi connectivity index (χ2n) is 13.4. The van der Waals surface area contributed by atoms with Gasteiger partial charge in [0.05, 0.1) is 16.1 Å². The fraction of sp³-hybridized carbons (Fsp3) is 0.0612. The number of benzene rings is 9. The Balaban J connectivity index is 0.000000136. The van der Waals surface area contributed by atoms with Gasteiger partial charge >= 0.3 is 0 Å². The second-order valence-corrected chi connectivity index (χ2v) is 14.5. The summed E-state index contributed by atoms with van der Waals surface area (Å²) in [6.45, 7) is 1.98. The van der Waals surface area contributed by atoms with Crippen molar-refractivity contribution in [1.29, 1.82) is 0 Å². The van der Waals surface area contributed by atoms with Crippen LogP contribution in [0.5, 0.6) is 28.7 Å². The number of aromatic hydroxyl groups is 4. The van der Waals surface area contributed by atoms with Gasteiger partial charge in [0.1, 0.15) is 28.7 Å². The number of phenols is 4. The molecule has 0 heterocycles. The maximum absolute atomic E-state index is 10.4. The van der Waals surface area contributed by atoms with Gasteiger partial charge in [-0.15, -0.1) is 11.8 Å². The molecule has 9 aromatic carbocycles. The highest BCUT2D eigenvalue weighted by atomic mass is 32.2. The minimum absolute atomic E-state index is 0.0129. The third-order valence-electron chi connectivity index (χ3n) is 9.98. The summed E-state index contributed by atoms with van der Waals surface area (Å²) in [6, 6.07) is 49.7. The smallest absolute Gasteiger partial charge is 0.130 e. The highest BCUT2D eigenvalue weighted by molar-refractivity contribution is 7.98. The molecular formula is C49H41O6PS. The molecule has 0 aliphatic carbocycles. The summed E-state index contributed by atoms with van der Waals surface area (Å²) in [4.78, 5) is 1.15. The molecule has 9 rings (SSSR count). The van der Waals surface area contributed by atoms with Gasteiger partial charge in [-0.1, -0.05) is 121 Å². The van der Waals surface area contributed by atoms with Crippen molar-refractivity contribution in [1.82, 2.24) is 0 Å². The summed E-state index contributed by atoms with van der Waals surface area (Å²) in [7, 11) is 2.20. The number of fused-ring (bicyclic) bond motifs is 4. The van der Waals surface area contributed by atoms with Gasteiger partial charge in [-0.05, 0) is 98.2 Å². The van der Waals surface area contributed by atoms with E-state index in [1.807, 2.05) is 147 Å². The van der Waals surface area contributed by atoms with Crippen LogP contribution in [0.25, 0.3) is 65.3 Å². The third kappa shape index (κ3) is 7.91. The number of rotatable bonds is 5. The zero-order valence-electron chi connectivity index (χ0n) is 31.3. The maximum atomic E-state index is 10.4. The second kappa shape index (κ2) is 17.3. The van der Waals surface area contributed by atoms with E-state index in [0.29, 0.717) is 22.3 Å². The first-order valence-corrected chi connectivity index (χ1v) is 19.9. The van der Waals surface area contributed by atoms with Crippen molar-refractivity contribution >= 4 is 64.3 Å². The molecule has 0 saturated heterocycles. The SMILES string of the molecule is CSc1cc(C)c(OP)c(CO)c1.Oc1ccc2ccccc2c1-c1c(O)ccc2ccccc12.Oc1ccc2ccccc2c1-c1c(O)ccc2ccccc12. The van der Waals surface area contributed by atoms with E-state index in [-0.39, 0.29) is 29.6 Å². The van der Waals surface area contributed by atoms with Gasteiger partial charge in [0.2, 0.25) is 0 Å². The van der Waals surface area contributed by atoms with E-state index in [1.54, 1.807) is 36.0 Å². The number of phenolic OH excluding ortho intramolecular Hbond substituents is 4. The quantitative estimate of drug-likeness (QED) is 0.0872. The van der Waals surface area contributed by atoms with E-state index in [9.17, 15) is 20.4 Å². The number of aliphatic hydroxyl groups is 1. The molecule has 284 valence electrons. The fourth-order valence-corrected chi connectivity index (χ4v) is 8.20. The van der Waals surface area contributed by atoms with E-state index < -0.39 is 0 Å². The van der Waals surface area contributed by atoms with Crippen LogP contribution in [0.15, 0.2) is 163 Å². The summed E-state index contributed by atoms with van der Waals surface area (Å²) in [5.74, 6) is 1.44. The van der Waals surface area contributed by atoms with E-state index in [0.717, 1.165) is 64.9 Å². The highest BCUT2D eigenvalue weighted by Crippen LogP contribution is 2.46. The Morgan fingerprint density at radius 3 is 1.07 bits per heavy atom. The molecule has 0 spiro atoms. The Hall–Kier alpha value is -6.24. The number of hydrogen-bond donors (Lipinski definition) is 5. The molecule has 0 aliphatic heterocycles. The standard InChI is InChI=1S/2C20H14O2.C9H13O2PS/c2*21-17-11-9-13-5-1-3-7-15(13)19(17)20-16-8-4-2-6-14(16)10-12-18(20)22;1-6-3-8(13-2)4-7(5-10)9(6)11-12/h2*1-12,21-22H;3-4,10H,5,12H2,1-2H3. The largest absolute Gasteiger partial charge is 0.507 e. The van der Waals surface area contributed by atoms with Crippen molar-refractivity contribution in [3.05, 3.63) is 169 Å². The van der Waals surface area contributed by atoms with Crippen molar-refractivity contribution in [2.45, 2.75) is 18.4 Å². The van der Waals surface area contributed by atoms with Gasteiger partial charge in [0.25, 0.3) is 0 Å². The Kier molecular flexibility index (Phi) is 11.8. The van der Waals surface area contributed by atoms with Gasteiger partial charge in [-0.3, -0.25) is 0 Å². The molecular weight excluding hydrogens is 748 g/mol. The lowest BCUT2D eigenvalue weighted by molar-refractivity contribution is 0.278. The molecule has 0 radical (unpaired) electrons. The highest BCUT2D eigenvalue weighted by Gasteiger charge is 2.18.